The normalized spacial score (nSPS) is 20.6. The first-order valence-corrected chi connectivity index (χ1v) is 4.61. The lowest BCUT2D eigenvalue weighted by Crippen LogP contribution is -2.56. The van der Waals surface area contributed by atoms with Gasteiger partial charge in [0, 0.05) is 13.1 Å². The van der Waals surface area contributed by atoms with E-state index in [9.17, 15) is 5.11 Å². The van der Waals surface area contributed by atoms with Gasteiger partial charge in [0.25, 0.3) is 0 Å². The van der Waals surface area contributed by atoms with Gasteiger partial charge in [0.15, 0.2) is 4.67 Å². The van der Waals surface area contributed by atoms with Crippen molar-refractivity contribution in [2.45, 2.75) is 12.5 Å². The number of hydrogen-bond donors (Lipinski definition) is 2. The fourth-order valence-electron chi connectivity index (χ4n) is 1.43. The van der Waals surface area contributed by atoms with Gasteiger partial charge in [0.05, 0.1) is 0 Å². The SMILES string of the molecule is Cc1cc(Br)oc1C1(O)CNC1. The number of halogens is 1. The zero-order valence-corrected chi connectivity index (χ0v) is 8.31. The average Bonchev–Trinajstić information content (AvgIpc) is 2.25. The summed E-state index contributed by atoms with van der Waals surface area (Å²) in [6.07, 6.45) is 0. The molecule has 2 N–H and O–H groups in total. The van der Waals surface area contributed by atoms with Gasteiger partial charge in [-0.15, -0.1) is 0 Å². The van der Waals surface area contributed by atoms with Crippen molar-refractivity contribution in [3.8, 4) is 0 Å². The predicted octanol–water partition coefficient (Wildman–Crippen LogP) is 1.14. The van der Waals surface area contributed by atoms with Crippen molar-refractivity contribution in [1.82, 2.24) is 5.32 Å². The Morgan fingerprint density at radius 1 is 1.67 bits per heavy atom. The Morgan fingerprint density at radius 3 is 2.67 bits per heavy atom. The Hall–Kier alpha value is -0.320. The Labute approximate surface area is 78.9 Å². The fourth-order valence-corrected chi connectivity index (χ4v) is 1.93. The number of aryl methyl sites for hydroxylation is 1. The maximum Gasteiger partial charge on any atom is 0.169 e. The van der Waals surface area contributed by atoms with Crippen LogP contribution in [0.5, 0.6) is 0 Å². The zero-order chi connectivity index (χ0) is 8.77. The molecule has 1 aromatic heterocycles. The second-order valence-corrected chi connectivity index (χ2v) is 3.98. The van der Waals surface area contributed by atoms with E-state index in [0.29, 0.717) is 23.5 Å². The van der Waals surface area contributed by atoms with Crippen molar-refractivity contribution in [2.24, 2.45) is 0 Å². The van der Waals surface area contributed by atoms with Crippen molar-refractivity contribution in [2.75, 3.05) is 13.1 Å². The molecule has 12 heavy (non-hydrogen) atoms. The highest BCUT2D eigenvalue weighted by Crippen LogP contribution is 2.32. The molecule has 0 spiro atoms. The number of furan rings is 1. The van der Waals surface area contributed by atoms with Crippen LogP contribution in [-0.2, 0) is 5.60 Å². The van der Waals surface area contributed by atoms with Crippen molar-refractivity contribution >= 4 is 15.9 Å². The molecule has 66 valence electrons. The third kappa shape index (κ3) is 1.11. The smallest absolute Gasteiger partial charge is 0.169 e. The van der Waals surface area contributed by atoms with E-state index in [1.807, 2.05) is 13.0 Å². The summed E-state index contributed by atoms with van der Waals surface area (Å²) < 4.78 is 6.02. The minimum Gasteiger partial charge on any atom is -0.451 e. The van der Waals surface area contributed by atoms with Crippen LogP contribution in [0.2, 0.25) is 0 Å². The second kappa shape index (κ2) is 2.58. The monoisotopic (exact) mass is 231 g/mol. The lowest BCUT2D eigenvalue weighted by atomic mass is 9.92. The van der Waals surface area contributed by atoms with Crippen LogP contribution in [0.4, 0.5) is 0 Å². The van der Waals surface area contributed by atoms with Crippen LogP contribution >= 0.6 is 15.9 Å². The van der Waals surface area contributed by atoms with Crippen molar-refractivity contribution in [1.29, 1.82) is 0 Å². The summed E-state index contributed by atoms with van der Waals surface area (Å²) in [5.41, 5.74) is 0.210. The summed E-state index contributed by atoms with van der Waals surface area (Å²) in [6, 6.07) is 1.87. The third-order valence-corrected chi connectivity index (χ3v) is 2.54. The Kier molecular flexibility index (Phi) is 1.78. The van der Waals surface area contributed by atoms with E-state index < -0.39 is 5.60 Å². The van der Waals surface area contributed by atoms with Crippen molar-refractivity contribution in [3.05, 3.63) is 22.1 Å². The van der Waals surface area contributed by atoms with Crippen LogP contribution in [0.3, 0.4) is 0 Å². The molecule has 1 saturated heterocycles. The molecule has 2 heterocycles. The Bertz CT molecular complexity index is 304. The predicted molar refractivity (Wildman–Crippen MR) is 47.9 cm³/mol. The van der Waals surface area contributed by atoms with E-state index in [1.54, 1.807) is 0 Å². The van der Waals surface area contributed by atoms with E-state index in [0.717, 1.165) is 5.56 Å². The summed E-state index contributed by atoms with van der Waals surface area (Å²) >= 11 is 3.23. The second-order valence-electron chi connectivity index (χ2n) is 3.20. The minimum absolute atomic E-state index is 0.577. The molecular weight excluding hydrogens is 222 g/mol. The van der Waals surface area contributed by atoms with Gasteiger partial charge in [-0.25, -0.2) is 0 Å². The van der Waals surface area contributed by atoms with Gasteiger partial charge in [-0.05, 0) is 34.5 Å². The highest BCUT2D eigenvalue weighted by atomic mass is 79.9. The largest absolute Gasteiger partial charge is 0.451 e. The Balaban J connectivity index is 2.38. The quantitative estimate of drug-likeness (QED) is 0.763. The van der Waals surface area contributed by atoms with Gasteiger partial charge in [-0.2, -0.15) is 0 Å². The van der Waals surface area contributed by atoms with Gasteiger partial charge in [0.2, 0.25) is 0 Å². The first-order valence-electron chi connectivity index (χ1n) is 3.81. The average molecular weight is 232 g/mol. The fraction of sp³-hybridized carbons (Fsp3) is 0.500. The maximum absolute atomic E-state index is 9.90. The molecular formula is C8H10BrNO2. The van der Waals surface area contributed by atoms with Gasteiger partial charge in [-0.3, -0.25) is 0 Å². The molecule has 0 radical (unpaired) electrons. The minimum atomic E-state index is -0.782. The number of β-amino-alcohol motifs (C(OH)–C–C–N with tert-alkyl or cyclic N) is 1. The third-order valence-electron chi connectivity index (χ3n) is 2.15. The first-order chi connectivity index (χ1) is 5.62. The summed E-state index contributed by atoms with van der Waals surface area (Å²) in [7, 11) is 0. The van der Waals surface area contributed by atoms with Crippen LogP contribution in [0, 0.1) is 6.92 Å². The van der Waals surface area contributed by atoms with Crippen LogP contribution < -0.4 is 5.32 Å². The molecule has 0 aliphatic carbocycles. The van der Waals surface area contributed by atoms with Crippen LogP contribution in [0.25, 0.3) is 0 Å². The summed E-state index contributed by atoms with van der Waals surface area (Å²) in [6.45, 7) is 3.08. The number of hydrogen-bond acceptors (Lipinski definition) is 3. The molecule has 4 heteroatoms. The zero-order valence-electron chi connectivity index (χ0n) is 6.72. The molecule has 1 aliphatic rings. The lowest BCUT2D eigenvalue weighted by Gasteiger charge is -2.36. The summed E-state index contributed by atoms with van der Waals surface area (Å²) in [4.78, 5) is 0. The van der Waals surface area contributed by atoms with Gasteiger partial charge in [0.1, 0.15) is 11.4 Å². The van der Waals surface area contributed by atoms with Crippen molar-refractivity contribution in [3.63, 3.8) is 0 Å². The molecule has 1 aliphatic heterocycles. The molecule has 0 bridgehead atoms. The maximum atomic E-state index is 9.90. The summed E-state index contributed by atoms with van der Waals surface area (Å²) in [5.74, 6) is 0.674. The molecule has 1 aromatic rings. The molecule has 0 unspecified atom stereocenters. The van der Waals surface area contributed by atoms with Gasteiger partial charge in [-0.1, -0.05) is 0 Å². The number of nitrogens with one attached hydrogen (secondary N) is 1. The van der Waals surface area contributed by atoms with Crippen LogP contribution in [0.15, 0.2) is 15.2 Å². The van der Waals surface area contributed by atoms with E-state index in [2.05, 4.69) is 21.2 Å². The van der Waals surface area contributed by atoms with Gasteiger partial charge < -0.3 is 14.8 Å². The molecule has 2 rings (SSSR count). The van der Waals surface area contributed by atoms with E-state index in [1.165, 1.54) is 0 Å². The first kappa shape index (κ1) is 8.29. The van der Waals surface area contributed by atoms with Gasteiger partial charge >= 0.3 is 0 Å². The molecule has 1 fully saturated rings. The highest BCUT2D eigenvalue weighted by molar-refractivity contribution is 9.10. The molecule has 0 aromatic carbocycles. The molecule has 3 nitrogen and oxygen atoms in total. The van der Waals surface area contributed by atoms with E-state index in [-0.39, 0.29) is 0 Å². The Morgan fingerprint density at radius 2 is 2.33 bits per heavy atom. The molecule has 0 atom stereocenters. The van der Waals surface area contributed by atoms with Crippen molar-refractivity contribution < 1.29 is 9.52 Å². The number of aliphatic hydroxyl groups is 1. The van der Waals surface area contributed by atoms with E-state index in [4.69, 9.17) is 4.42 Å². The topological polar surface area (TPSA) is 45.4 Å². The summed E-state index contributed by atoms with van der Waals surface area (Å²) in [5, 5.41) is 12.9. The van der Waals surface area contributed by atoms with Crippen LogP contribution in [0.1, 0.15) is 11.3 Å². The molecule has 0 amide bonds. The standard InChI is InChI=1S/C8H10BrNO2/c1-5-2-6(9)12-7(5)8(11)3-10-4-8/h2,10-11H,3-4H2,1H3. The van der Waals surface area contributed by atoms with E-state index >= 15 is 0 Å². The van der Waals surface area contributed by atoms with Crippen LogP contribution in [-0.4, -0.2) is 18.2 Å². The lowest BCUT2D eigenvalue weighted by molar-refractivity contribution is -0.0344. The number of rotatable bonds is 1. The molecule has 0 saturated carbocycles. The highest BCUT2D eigenvalue weighted by Gasteiger charge is 2.40.